The number of rotatable bonds is 5. The van der Waals surface area contributed by atoms with E-state index in [4.69, 9.17) is 0 Å². The number of hydrogen-bond acceptors (Lipinski definition) is 0. The van der Waals surface area contributed by atoms with E-state index in [9.17, 15) is 0 Å². The summed E-state index contributed by atoms with van der Waals surface area (Å²) in [5.74, 6) is 0. The summed E-state index contributed by atoms with van der Waals surface area (Å²) >= 11 is 0. The van der Waals surface area contributed by atoms with Gasteiger partial charge in [0.2, 0.25) is 0 Å². The minimum absolute atomic E-state index is 0.0811. The molecule has 1 heteroatoms. The van der Waals surface area contributed by atoms with Gasteiger partial charge in [-0.3, -0.25) is 0 Å². The fourth-order valence-corrected chi connectivity index (χ4v) is 6.11. The van der Waals surface area contributed by atoms with Gasteiger partial charge in [0.05, 0.1) is 0 Å². The second kappa shape index (κ2) is 7.66. The molecule has 3 aromatic rings. The molecule has 5 rings (SSSR count). The zero-order chi connectivity index (χ0) is 22.5. The second-order valence-electron chi connectivity index (χ2n) is 10.4. The number of aryl methyl sites for hydroxylation is 1. The smallest absolute Gasteiger partial charge is 0.0885 e. The van der Waals surface area contributed by atoms with Crippen LogP contribution in [0, 0.1) is 0 Å². The first-order valence-corrected chi connectivity index (χ1v) is 12.1. The van der Waals surface area contributed by atoms with E-state index < -0.39 is 0 Å². The maximum atomic E-state index is 2.45. The van der Waals surface area contributed by atoms with Gasteiger partial charge in [0.15, 0.2) is 7.28 Å². The zero-order valence-corrected chi connectivity index (χ0v) is 20.1. The number of fused-ring (bicyclic) bond motifs is 4. The highest BCUT2D eigenvalue weighted by Crippen LogP contribution is 2.49. The van der Waals surface area contributed by atoms with Gasteiger partial charge in [-0.25, -0.2) is 0 Å². The van der Waals surface area contributed by atoms with Crippen molar-refractivity contribution in [3.63, 3.8) is 0 Å². The summed E-state index contributed by atoms with van der Waals surface area (Å²) in [5, 5.41) is 0. The Kier molecular flexibility index (Phi) is 5.04. The quantitative estimate of drug-likeness (QED) is 0.374. The van der Waals surface area contributed by atoms with Crippen LogP contribution in [-0.4, -0.2) is 7.28 Å². The van der Waals surface area contributed by atoms with Gasteiger partial charge in [0, 0.05) is 10.8 Å². The average Bonchev–Trinajstić information content (AvgIpc) is 3.16. The predicted octanol–water partition coefficient (Wildman–Crippen LogP) is 7.67. The van der Waals surface area contributed by atoms with E-state index in [1.54, 1.807) is 5.47 Å². The topological polar surface area (TPSA) is 0 Å². The van der Waals surface area contributed by atoms with E-state index in [0.29, 0.717) is 0 Å². The lowest BCUT2D eigenvalue weighted by Gasteiger charge is -2.23. The number of allylic oxidation sites excluding steroid dienone is 4. The Labute approximate surface area is 194 Å². The van der Waals surface area contributed by atoms with Crippen LogP contribution in [-0.2, 0) is 17.3 Å². The van der Waals surface area contributed by atoms with E-state index in [0.717, 1.165) is 20.1 Å². The van der Waals surface area contributed by atoms with E-state index >= 15 is 0 Å². The zero-order valence-electron chi connectivity index (χ0n) is 20.1. The molecular formula is C31H33B. The lowest BCUT2D eigenvalue weighted by molar-refractivity contribution is 0.659. The van der Waals surface area contributed by atoms with E-state index in [-0.39, 0.29) is 10.8 Å². The average molecular weight is 416 g/mol. The Morgan fingerprint density at radius 1 is 0.719 bits per heavy atom. The summed E-state index contributed by atoms with van der Waals surface area (Å²) in [6.07, 6.45) is 6.92. The Balaban J connectivity index is 1.37. The summed E-state index contributed by atoms with van der Waals surface area (Å²) < 4.78 is 0. The largest absolute Gasteiger partial charge is 0.151 e. The molecule has 0 bridgehead atoms. The maximum absolute atomic E-state index is 2.45. The Bertz CT molecular complexity index is 1250. The van der Waals surface area contributed by atoms with Gasteiger partial charge in [-0.2, -0.15) is 0 Å². The summed E-state index contributed by atoms with van der Waals surface area (Å²) in [4.78, 5) is 0. The van der Waals surface area contributed by atoms with Crippen molar-refractivity contribution in [1.82, 2.24) is 0 Å². The van der Waals surface area contributed by atoms with Crippen molar-refractivity contribution in [3.05, 3.63) is 112 Å². The first-order valence-electron chi connectivity index (χ1n) is 12.1. The Morgan fingerprint density at radius 3 is 2.06 bits per heavy atom. The molecule has 0 spiro atoms. The molecule has 0 amide bonds. The summed E-state index contributed by atoms with van der Waals surface area (Å²) in [6.45, 7) is 11.8. The molecular weight excluding hydrogens is 383 g/mol. The van der Waals surface area contributed by atoms with Gasteiger partial charge in [-0.05, 0) is 57.4 Å². The molecule has 3 aromatic carbocycles. The normalized spacial score (nSPS) is 17.4. The first-order chi connectivity index (χ1) is 15.4. The van der Waals surface area contributed by atoms with Gasteiger partial charge in [-0.15, -0.1) is 0 Å². The SMILES string of the molecule is CBC1=C(/C=C\CCc2ccc3c(c2)C(C)(C)c2ccccc2-3)c2ccccc2C1(C)C. The van der Waals surface area contributed by atoms with Crippen molar-refractivity contribution in [2.24, 2.45) is 0 Å². The van der Waals surface area contributed by atoms with Gasteiger partial charge in [0.1, 0.15) is 0 Å². The van der Waals surface area contributed by atoms with Crippen LogP contribution < -0.4 is 0 Å². The molecule has 0 nitrogen and oxygen atoms in total. The third-order valence-electron chi connectivity index (χ3n) is 7.86. The molecule has 0 atom stereocenters. The van der Waals surface area contributed by atoms with Crippen LogP contribution in [0.25, 0.3) is 16.7 Å². The highest BCUT2D eigenvalue weighted by Gasteiger charge is 2.36. The van der Waals surface area contributed by atoms with Crippen molar-refractivity contribution in [2.45, 2.75) is 58.2 Å². The molecule has 32 heavy (non-hydrogen) atoms. The van der Waals surface area contributed by atoms with E-state index in [2.05, 4.69) is 113 Å². The van der Waals surface area contributed by atoms with E-state index in [1.165, 1.54) is 44.5 Å². The molecule has 0 aromatic heterocycles. The number of benzene rings is 3. The lowest BCUT2D eigenvalue weighted by atomic mass is 9.60. The molecule has 160 valence electrons. The molecule has 2 aliphatic rings. The minimum atomic E-state index is 0.0811. The second-order valence-corrected chi connectivity index (χ2v) is 10.4. The van der Waals surface area contributed by atoms with Gasteiger partial charge in [0.25, 0.3) is 0 Å². The first kappa shape index (κ1) is 21.1. The highest BCUT2D eigenvalue weighted by molar-refractivity contribution is 6.47. The molecule has 2 aliphatic carbocycles. The summed E-state index contributed by atoms with van der Waals surface area (Å²) in [5.41, 5.74) is 13.3. The van der Waals surface area contributed by atoms with Crippen LogP contribution in [0.15, 0.2) is 84.4 Å². The number of hydrogen-bond donors (Lipinski definition) is 0. The predicted molar refractivity (Wildman–Crippen MR) is 141 cm³/mol. The minimum Gasteiger partial charge on any atom is -0.0885 e. The molecule has 0 saturated heterocycles. The van der Waals surface area contributed by atoms with Crippen LogP contribution in [0.1, 0.15) is 61.9 Å². The van der Waals surface area contributed by atoms with Crippen LogP contribution in [0.5, 0.6) is 0 Å². The molecule has 0 radical (unpaired) electrons. The lowest BCUT2D eigenvalue weighted by Crippen LogP contribution is -2.19. The van der Waals surface area contributed by atoms with Crippen molar-refractivity contribution in [3.8, 4) is 11.1 Å². The third-order valence-corrected chi connectivity index (χ3v) is 7.86. The molecule has 0 aliphatic heterocycles. The molecule has 0 unspecified atom stereocenters. The van der Waals surface area contributed by atoms with Gasteiger partial charge in [-0.1, -0.05) is 119 Å². The monoisotopic (exact) mass is 416 g/mol. The summed E-state index contributed by atoms with van der Waals surface area (Å²) in [7, 11) is 1.10. The van der Waals surface area contributed by atoms with E-state index in [1.807, 2.05) is 0 Å². The fourth-order valence-electron chi connectivity index (χ4n) is 6.11. The van der Waals surface area contributed by atoms with Crippen LogP contribution in [0.4, 0.5) is 0 Å². The summed E-state index contributed by atoms with van der Waals surface area (Å²) in [6, 6.07) is 24.9. The third kappa shape index (κ3) is 3.13. The Hall–Kier alpha value is -2.80. The molecule has 0 heterocycles. The maximum Gasteiger partial charge on any atom is 0.151 e. The van der Waals surface area contributed by atoms with Crippen molar-refractivity contribution in [2.75, 3.05) is 0 Å². The van der Waals surface area contributed by atoms with Crippen LogP contribution in [0.2, 0.25) is 6.82 Å². The van der Waals surface area contributed by atoms with Crippen molar-refractivity contribution >= 4 is 12.9 Å². The highest BCUT2D eigenvalue weighted by atomic mass is 14.4. The van der Waals surface area contributed by atoms with Gasteiger partial charge < -0.3 is 0 Å². The molecule has 0 N–H and O–H groups in total. The standard InChI is InChI=1S/C31H33B/c1-30(2)26-16-10-8-13-22(26)24-19-18-21(20-28(24)30)12-6-7-15-25-23-14-9-11-17-27(23)31(3,4)29(25)32-5/h7-11,13-20,32H,6,12H2,1-5H3/b15-7-. The van der Waals surface area contributed by atoms with Crippen molar-refractivity contribution < 1.29 is 0 Å². The van der Waals surface area contributed by atoms with Crippen LogP contribution in [0.3, 0.4) is 0 Å². The molecule has 0 saturated carbocycles. The van der Waals surface area contributed by atoms with Gasteiger partial charge >= 0.3 is 0 Å². The van der Waals surface area contributed by atoms with Crippen LogP contribution >= 0.6 is 0 Å². The fraction of sp³-hybridized carbons (Fsp3) is 0.290. The van der Waals surface area contributed by atoms with Crippen molar-refractivity contribution in [1.29, 1.82) is 0 Å². The Morgan fingerprint density at radius 2 is 1.34 bits per heavy atom. The molecule has 0 fully saturated rings.